The van der Waals surface area contributed by atoms with Crippen LogP contribution in [0.25, 0.3) is 6.08 Å². The fourth-order valence-electron chi connectivity index (χ4n) is 2.17. The zero-order valence-corrected chi connectivity index (χ0v) is 11.1. The van der Waals surface area contributed by atoms with Gasteiger partial charge in [-0.3, -0.25) is 4.79 Å². The lowest BCUT2D eigenvalue weighted by Crippen LogP contribution is -2.30. The molecule has 19 heavy (non-hydrogen) atoms. The number of hydrogen-bond acceptors (Lipinski definition) is 3. The molecule has 0 saturated carbocycles. The summed E-state index contributed by atoms with van der Waals surface area (Å²) >= 11 is 0. The Morgan fingerprint density at radius 1 is 1.58 bits per heavy atom. The second kappa shape index (κ2) is 6.38. The molecular weight excluding hydrogens is 240 g/mol. The van der Waals surface area contributed by atoms with E-state index in [1.807, 2.05) is 31.2 Å². The van der Waals surface area contributed by atoms with Crippen molar-refractivity contribution in [2.45, 2.75) is 19.4 Å². The predicted molar refractivity (Wildman–Crippen MR) is 76.4 cm³/mol. The Hall–Kier alpha value is -1.81. The summed E-state index contributed by atoms with van der Waals surface area (Å²) < 4.78 is 5.46. The molecule has 4 heteroatoms. The molecule has 0 bridgehead atoms. The monoisotopic (exact) mass is 260 g/mol. The van der Waals surface area contributed by atoms with Gasteiger partial charge in [-0.1, -0.05) is 12.1 Å². The fraction of sp³-hybridized carbons (Fsp3) is 0.400. The van der Waals surface area contributed by atoms with Crippen LogP contribution in [0.2, 0.25) is 0 Å². The van der Waals surface area contributed by atoms with Gasteiger partial charge in [-0.25, -0.2) is 0 Å². The summed E-state index contributed by atoms with van der Waals surface area (Å²) in [5.74, 6) is 0.339. The molecule has 102 valence electrons. The lowest BCUT2D eigenvalue weighted by molar-refractivity contribution is -0.116. The van der Waals surface area contributed by atoms with Gasteiger partial charge in [0.05, 0.1) is 6.10 Å². The predicted octanol–water partition coefficient (Wildman–Crippen LogP) is 1.82. The zero-order valence-electron chi connectivity index (χ0n) is 11.1. The van der Waals surface area contributed by atoms with Crippen LogP contribution in [0.1, 0.15) is 18.9 Å². The van der Waals surface area contributed by atoms with Crippen molar-refractivity contribution in [2.24, 2.45) is 5.92 Å². The van der Waals surface area contributed by atoms with Crippen LogP contribution in [0.15, 0.2) is 30.3 Å². The minimum absolute atomic E-state index is 0.0819. The molecule has 1 saturated heterocycles. The van der Waals surface area contributed by atoms with Crippen LogP contribution in [-0.2, 0) is 9.53 Å². The number of nitrogen functional groups attached to an aromatic ring is 1. The van der Waals surface area contributed by atoms with Crippen LogP contribution in [0.4, 0.5) is 5.69 Å². The average Bonchev–Trinajstić information content (AvgIpc) is 2.80. The van der Waals surface area contributed by atoms with E-state index >= 15 is 0 Å². The van der Waals surface area contributed by atoms with Gasteiger partial charge in [0.15, 0.2) is 0 Å². The topological polar surface area (TPSA) is 64.3 Å². The third-order valence-electron chi connectivity index (χ3n) is 3.41. The molecule has 1 aromatic carbocycles. The van der Waals surface area contributed by atoms with E-state index in [4.69, 9.17) is 10.5 Å². The second-order valence-electron chi connectivity index (χ2n) is 4.87. The molecule has 1 amide bonds. The van der Waals surface area contributed by atoms with Gasteiger partial charge in [-0.2, -0.15) is 0 Å². The zero-order chi connectivity index (χ0) is 13.7. The minimum atomic E-state index is -0.0819. The van der Waals surface area contributed by atoms with Crippen molar-refractivity contribution in [1.82, 2.24) is 5.32 Å². The van der Waals surface area contributed by atoms with E-state index in [1.165, 1.54) is 6.08 Å². The third-order valence-corrected chi connectivity index (χ3v) is 3.41. The highest BCUT2D eigenvalue weighted by Gasteiger charge is 2.23. The average molecular weight is 260 g/mol. The number of nitrogens with two attached hydrogens (primary N) is 1. The number of amides is 1. The maximum absolute atomic E-state index is 11.7. The number of benzene rings is 1. The molecule has 2 unspecified atom stereocenters. The van der Waals surface area contributed by atoms with Gasteiger partial charge in [-0.15, -0.1) is 0 Å². The van der Waals surface area contributed by atoms with Crippen LogP contribution in [0.3, 0.4) is 0 Å². The number of anilines is 1. The first kappa shape index (κ1) is 13.6. The molecule has 1 fully saturated rings. The normalized spacial score (nSPS) is 22.8. The van der Waals surface area contributed by atoms with E-state index in [-0.39, 0.29) is 12.0 Å². The quantitative estimate of drug-likeness (QED) is 0.641. The molecule has 4 nitrogen and oxygen atoms in total. The van der Waals surface area contributed by atoms with E-state index in [9.17, 15) is 4.79 Å². The lowest BCUT2D eigenvalue weighted by atomic mass is 10.0. The Labute approximate surface area is 113 Å². The van der Waals surface area contributed by atoms with Crippen molar-refractivity contribution in [2.75, 3.05) is 18.9 Å². The molecule has 3 N–H and O–H groups in total. The van der Waals surface area contributed by atoms with Crippen molar-refractivity contribution in [3.05, 3.63) is 35.9 Å². The third kappa shape index (κ3) is 4.10. The van der Waals surface area contributed by atoms with E-state index in [0.717, 1.165) is 18.6 Å². The molecule has 2 atom stereocenters. The smallest absolute Gasteiger partial charge is 0.244 e. The Kier molecular flexibility index (Phi) is 4.58. The summed E-state index contributed by atoms with van der Waals surface area (Å²) in [5.41, 5.74) is 7.29. The Bertz CT molecular complexity index is 471. The van der Waals surface area contributed by atoms with Crippen molar-refractivity contribution >= 4 is 17.7 Å². The highest BCUT2D eigenvalue weighted by Crippen LogP contribution is 2.19. The van der Waals surface area contributed by atoms with Crippen molar-refractivity contribution in [3.8, 4) is 0 Å². The number of carbonyl (C=O) groups is 1. The molecule has 0 aromatic heterocycles. The summed E-state index contributed by atoms with van der Waals surface area (Å²) in [6.45, 7) is 3.51. The lowest BCUT2D eigenvalue weighted by Gasteiger charge is -2.13. The van der Waals surface area contributed by atoms with Crippen molar-refractivity contribution < 1.29 is 9.53 Å². The summed E-state index contributed by atoms with van der Waals surface area (Å²) in [5, 5.41) is 2.90. The summed E-state index contributed by atoms with van der Waals surface area (Å²) in [6, 6.07) is 7.42. The first-order valence-electron chi connectivity index (χ1n) is 6.58. The van der Waals surface area contributed by atoms with Gasteiger partial charge >= 0.3 is 0 Å². The fourth-order valence-corrected chi connectivity index (χ4v) is 2.17. The van der Waals surface area contributed by atoms with Gasteiger partial charge in [0.1, 0.15) is 0 Å². The van der Waals surface area contributed by atoms with Crippen LogP contribution in [-0.4, -0.2) is 25.2 Å². The Morgan fingerprint density at radius 3 is 3.11 bits per heavy atom. The standard InChI is InChI=1S/C15H20N2O2/c1-11-13(7-8-19-11)10-17-15(18)6-5-12-3-2-4-14(16)9-12/h2-6,9,11,13H,7-8,10,16H2,1H3,(H,17,18)/b6-5+. The highest BCUT2D eigenvalue weighted by molar-refractivity contribution is 5.91. The Balaban J connectivity index is 1.81. The molecule has 2 rings (SSSR count). The largest absolute Gasteiger partial charge is 0.399 e. The molecule has 1 aromatic rings. The first-order valence-corrected chi connectivity index (χ1v) is 6.58. The van der Waals surface area contributed by atoms with Crippen molar-refractivity contribution in [3.63, 3.8) is 0 Å². The molecule has 0 aliphatic carbocycles. The Morgan fingerprint density at radius 2 is 2.42 bits per heavy atom. The maximum atomic E-state index is 11.7. The van der Waals surface area contributed by atoms with Crippen LogP contribution in [0, 0.1) is 5.92 Å². The van der Waals surface area contributed by atoms with Gasteiger partial charge in [0, 0.05) is 30.8 Å². The van der Waals surface area contributed by atoms with E-state index in [1.54, 1.807) is 6.08 Å². The SMILES string of the molecule is CC1OCCC1CNC(=O)/C=C/c1cccc(N)c1. The molecular formula is C15H20N2O2. The van der Waals surface area contributed by atoms with E-state index in [2.05, 4.69) is 5.32 Å². The van der Waals surface area contributed by atoms with E-state index < -0.39 is 0 Å². The van der Waals surface area contributed by atoms with Crippen molar-refractivity contribution in [1.29, 1.82) is 0 Å². The molecule has 1 aliphatic heterocycles. The highest BCUT2D eigenvalue weighted by atomic mass is 16.5. The molecule has 1 aliphatic rings. The van der Waals surface area contributed by atoms with Gasteiger partial charge in [-0.05, 0) is 37.1 Å². The summed E-state index contributed by atoms with van der Waals surface area (Å²) in [4.78, 5) is 11.7. The second-order valence-corrected chi connectivity index (χ2v) is 4.87. The molecule has 1 heterocycles. The molecule has 0 spiro atoms. The summed E-state index contributed by atoms with van der Waals surface area (Å²) in [6.07, 6.45) is 4.55. The first-order chi connectivity index (χ1) is 9.15. The number of hydrogen-bond donors (Lipinski definition) is 2. The maximum Gasteiger partial charge on any atom is 0.244 e. The summed E-state index contributed by atoms with van der Waals surface area (Å²) in [7, 11) is 0. The van der Waals surface area contributed by atoms with Crippen LogP contribution < -0.4 is 11.1 Å². The molecule has 0 radical (unpaired) electrons. The van der Waals surface area contributed by atoms with Gasteiger partial charge < -0.3 is 15.8 Å². The van der Waals surface area contributed by atoms with Gasteiger partial charge in [0.2, 0.25) is 5.91 Å². The number of ether oxygens (including phenoxy) is 1. The van der Waals surface area contributed by atoms with E-state index in [0.29, 0.717) is 18.2 Å². The minimum Gasteiger partial charge on any atom is -0.399 e. The van der Waals surface area contributed by atoms with Gasteiger partial charge in [0.25, 0.3) is 0 Å². The number of rotatable bonds is 4. The van der Waals surface area contributed by atoms with Crippen LogP contribution >= 0.6 is 0 Å². The van der Waals surface area contributed by atoms with Crippen LogP contribution in [0.5, 0.6) is 0 Å². The number of nitrogens with one attached hydrogen (secondary N) is 1. The number of carbonyl (C=O) groups excluding carboxylic acids is 1.